The van der Waals surface area contributed by atoms with Gasteiger partial charge >= 0.3 is 12.4 Å². The zero-order valence-electron chi connectivity index (χ0n) is 17.1. The van der Waals surface area contributed by atoms with Crippen LogP contribution in [0, 0.1) is 0 Å². The number of pyridine rings is 2. The number of hydrogen-bond donors (Lipinski definition) is 2. The smallest absolute Gasteiger partial charge is 0.355 e. The molecule has 4 aromatic rings. The van der Waals surface area contributed by atoms with Crippen molar-refractivity contribution in [3.8, 4) is 11.5 Å². The average Bonchev–Trinajstić information content (AvgIpc) is 3.17. The second-order valence-electron chi connectivity index (χ2n) is 6.96. The summed E-state index contributed by atoms with van der Waals surface area (Å²) < 4.78 is 80.0. The number of halogens is 6. The van der Waals surface area contributed by atoms with E-state index in [1.165, 1.54) is 12.1 Å². The lowest BCUT2D eigenvalue weighted by Crippen LogP contribution is -2.10. The predicted octanol–water partition coefficient (Wildman–Crippen LogP) is 5.19. The lowest BCUT2D eigenvalue weighted by Gasteiger charge is -2.12. The van der Waals surface area contributed by atoms with Gasteiger partial charge in [-0.2, -0.15) is 41.3 Å². The summed E-state index contributed by atoms with van der Waals surface area (Å²) in [6.07, 6.45) is -5.00. The van der Waals surface area contributed by atoms with Gasteiger partial charge in [0.25, 0.3) is 0 Å². The van der Waals surface area contributed by atoms with Crippen LogP contribution < -0.4 is 10.6 Å². The van der Waals surface area contributed by atoms with E-state index in [-0.39, 0.29) is 29.1 Å². The van der Waals surface area contributed by atoms with Crippen LogP contribution in [0.25, 0.3) is 11.5 Å². The summed E-state index contributed by atoms with van der Waals surface area (Å²) in [5, 5.41) is 5.48. The highest BCUT2D eigenvalue weighted by molar-refractivity contribution is 5.61. The fourth-order valence-corrected chi connectivity index (χ4v) is 2.82. The van der Waals surface area contributed by atoms with Crippen LogP contribution in [0.1, 0.15) is 11.4 Å². The summed E-state index contributed by atoms with van der Waals surface area (Å²) in [6.45, 7) is 0. The molecule has 0 bridgehead atoms. The summed E-state index contributed by atoms with van der Waals surface area (Å²) in [4.78, 5) is 19.1. The van der Waals surface area contributed by atoms with Gasteiger partial charge in [-0.25, -0.2) is 4.98 Å². The Hall–Kier alpha value is -4.23. The molecular weight excluding hydrogens is 466 g/mol. The third-order valence-corrected chi connectivity index (χ3v) is 4.30. The van der Waals surface area contributed by atoms with Crippen molar-refractivity contribution in [1.29, 1.82) is 0 Å². The van der Waals surface area contributed by atoms with Crippen molar-refractivity contribution in [2.24, 2.45) is 7.05 Å². The number of nitrogens with one attached hydrogen (secondary N) is 2. The van der Waals surface area contributed by atoms with Gasteiger partial charge in [0.1, 0.15) is 17.1 Å². The van der Waals surface area contributed by atoms with Crippen molar-refractivity contribution >= 4 is 23.3 Å². The van der Waals surface area contributed by atoms with E-state index < -0.39 is 23.7 Å². The first kappa shape index (κ1) is 22.9. The summed E-state index contributed by atoms with van der Waals surface area (Å²) >= 11 is 0. The van der Waals surface area contributed by atoms with Gasteiger partial charge in [-0.3, -0.25) is 4.98 Å². The van der Waals surface area contributed by atoms with E-state index in [0.717, 1.165) is 24.4 Å². The van der Waals surface area contributed by atoms with E-state index in [1.807, 2.05) is 0 Å². The molecule has 14 heteroatoms. The lowest BCUT2D eigenvalue weighted by molar-refractivity contribution is -0.141. The molecule has 176 valence electrons. The first-order valence-corrected chi connectivity index (χ1v) is 9.47. The molecule has 0 fully saturated rings. The number of aromatic nitrogens is 6. The molecule has 0 radical (unpaired) electrons. The van der Waals surface area contributed by atoms with Crippen LogP contribution in [-0.4, -0.2) is 29.5 Å². The molecule has 4 rings (SSSR count). The Morgan fingerprint density at radius 2 is 1.44 bits per heavy atom. The quantitative estimate of drug-likeness (QED) is 0.380. The molecule has 0 aliphatic carbocycles. The van der Waals surface area contributed by atoms with E-state index in [2.05, 4.69) is 35.6 Å². The Morgan fingerprint density at radius 3 is 2.06 bits per heavy atom. The first-order chi connectivity index (χ1) is 16.0. The highest BCUT2D eigenvalue weighted by Crippen LogP contribution is 2.31. The summed E-state index contributed by atoms with van der Waals surface area (Å²) in [5.74, 6) is -0.517. The van der Waals surface area contributed by atoms with Crippen molar-refractivity contribution in [3.63, 3.8) is 0 Å². The molecule has 4 aromatic heterocycles. The fraction of sp³-hybridized carbons (Fsp3) is 0.150. The van der Waals surface area contributed by atoms with Crippen molar-refractivity contribution in [2.45, 2.75) is 12.4 Å². The Bertz CT molecular complexity index is 1310. The molecule has 4 heterocycles. The van der Waals surface area contributed by atoms with E-state index in [0.29, 0.717) is 5.69 Å². The van der Waals surface area contributed by atoms with E-state index in [4.69, 9.17) is 0 Å². The third-order valence-electron chi connectivity index (χ3n) is 4.30. The third kappa shape index (κ3) is 5.39. The van der Waals surface area contributed by atoms with Crippen LogP contribution in [0.2, 0.25) is 0 Å². The summed E-state index contributed by atoms with van der Waals surface area (Å²) in [7, 11) is 1.77. The molecule has 0 aliphatic rings. The molecule has 34 heavy (non-hydrogen) atoms. The van der Waals surface area contributed by atoms with Gasteiger partial charge in [0.15, 0.2) is 5.82 Å². The number of nitrogens with zero attached hydrogens (tertiary/aromatic N) is 6. The Labute approximate surface area is 187 Å². The minimum Gasteiger partial charge on any atom is -0.355 e. The fourth-order valence-electron chi connectivity index (χ4n) is 2.82. The molecule has 2 N–H and O–H groups in total. The van der Waals surface area contributed by atoms with Crippen LogP contribution in [0.4, 0.5) is 49.6 Å². The predicted molar refractivity (Wildman–Crippen MR) is 109 cm³/mol. The van der Waals surface area contributed by atoms with Gasteiger partial charge in [-0.15, -0.1) is 0 Å². The van der Waals surface area contributed by atoms with Gasteiger partial charge in [0, 0.05) is 31.3 Å². The van der Waals surface area contributed by atoms with Gasteiger partial charge in [0.2, 0.25) is 11.9 Å². The minimum absolute atomic E-state index is 0.0397. The summed E-state index contributed by atoms with van der Waals surface area (Å²) in [5.41, 5.74) is -1.98. The zero-order chi connectivity index (χ0) is 24.5. The number of rotatable bonds is 5. The van der Waals surface area contributed by atoms with E-state index in [9.17, 15) is 26.3 Å². The monoisotopic (exact) mass is 480 g/mol. The maximum Gasteiger partial charge on any atom is 0.433 e. The van der Waals surface area contributed by atoms with Crippen molar-refractivity contribution in [1.82, 2.24) is 29.5 Å². The molecule has 0 amide bonds. The standard InChI is InChI=1S/C20H14F6N8/c1-34-8-6-12(10-34)29-18-32-16(13-3-2-4-14(30-13)19(21,22)23)31-17(33-18)28-11-5-7-27-15(9-11)20(24,25)26/h2-10H,1H3,(H2,27,28,29,31,32,33). The van der Waals surface area contributed by atoms with Crippen LogP contribution >= 0.6 is 0 Å². The van der Waals surface area contributed by atoms with E-state index in [1.54, 1.807) is 30.1 Å². The molecule has 8 nitrogen and oxygen atoms in total. The molecular formula is C20H14F6N8. The van der Waals surface area contributed by atoms with Crippen molar-refractivity contribution in [3.05, 3.63) is 66.4 Å². The number of alkyl halides is 6. The normalized spacial score (nSPS) is 12.0. The molecule has 0 unspecified atom stereocenters. The van der Waals surface area contributed by atoms with Crippen LogP contribution in [0.15, 0.2) is 55.0 Å². The molecule has 0 spiro atoms. The molecule has 0 saturated heterocycles. The van der Waals surface area contributed by atoms with Crippen LogP contribution in [-0.2, 0) is 19.4 Å². The van der Waals surface area contributed by atoms with Gasteiger partial charge in [-0.05, 0) is 30.3 Å². The van der Waals surface area contributed by atoms with E-state index >= 15 is 0 Å². The van der Waals surface area contributed by atoms with Crippen molar-refractivity contribution < 1.29 is 26.3 Å². The van der Waals surface area contributed by atoms with Crippen LogP contribution in [0.5, 0.6) is 0 Å². The lowest BCUT2D eigenvalue weighted by atomic mass is 10.3. The molecule has 0 aliphatic heterocycles. The van der Waals surface area contributed by atoms with Crippen molar-refractivity contribution in [2.75, 3.05) is 10.6 Å². The summed E-state index contributed by atoms with van der Waals surface area (Å²) in [6, 6.07) is 6.90. The number of anilines is 4. The minimum atomic E-state index is -4.69. The molecule has 0 aromatic carbocycles. The molecule has 0 atom stereocenters. The maximum atomic E-state index is 13.1. The SMILES string of the molecule is Cn1ccc(Nc2nc(Nc3ccnc(C(F)(F)F)c3)nc(-c3cccc(C(F)(F)F)n3)n2)c1. The number of aryl methyl sites for hydroxylation is 1. The Kier molecular flexibility index (Phi) is 5.81. The zero-order valence-corrected chi connectivity index (χ0v) is 17.1. The average molecular weight is 480 g/mol. The molecule has 0 saturated carbocycles. The second kappa shape index (κ2) is 8.61. The van der Waals surface area contributed by atoms with Gasteiger partial charge in [-0.1, -0.05) is 6.07 Å². The second-order valence-corrected chi connectivity index (χ2v) is 6.96. The largest absolute Gasteiger partial charge is 0.433 e. The maximum absolute atomic E-state index is 13.1. The highest BCUT2D eigenvalue weighted by Gasteiger charge is 2.33. The Balaban J connectivity index is 1.75. The van der Waals surface area contributed by atoms with Crippen LogP contribution in [0.3, 0.4) is 0 Å². The Morgan fingerprint density at radius 1 is 0.765 bits per heavy atom. The van der Waals surface area contributed by atoms with Gasteiger partial charge in [0.05, 0.1) is 5.69 Å². The topological polar surface area (TPSA) is 93.4 Å². The first-order valence-electron chi connectivity index (χ1n) is 9.47. The van der Waals surface area contributed by atoms with Gasteiger partial charge < -0.3 is 15.2 Å². The highest BCUT2D eigenvalue weighted by atomic mass is 19.4. The number of hydrogen-bond acceptors (Lipinski definition) is 7.